The fourth-order valence-electron chi connectivity index (χ4n) is 5.19. The molecule has 20 heavy (non-hydrogen) atoms. The number of amides is 1. The van der Waals surface area contributed by atoms with Crippen molar-refractivity contribution >= 4 is 5.91 Å². The Kier molecular flexibility index (Phi) is 3.80. The lowest BCUT2D eigenvalue weighted by molar-refractivity contribution is -0.251. The molecule has 0 spiro atoms. The molecule has 4 heteroatoms. The Balaban J connectivity index is 1.72. The van der Waals surface area contributed by atoms with Crippen LogP contribution in [0.5, 0.6) is 0 Å². The molecule has 0 aromatic carbocycles. The number of hydrogen-bond acceptors (Lipinski definition) is 3. The number of rotatable bonds is 5. The molecular formula is C16H28N2O2. The van der Waals surface area contributed by atoms with E-state index >= 15 is 0 Å². The molecule has 4 aliphatic rings. The summed E-state index contributed by atoms with van der Waals surface area (Å²) >= 11 is 0. The highest BCUT2D eigenvalue weighted by Gasteiger charge is 2.55. The number of nitrogens with zero attached hydrogens (tertiary/aromatic N) is 2. The second-order valence-corrected chi connectivity index (χ2v) is 7.59. The summed E-state index contributed by atoms with van der Waals surface area (Å²) in [6.45, 7) is 3.12. The highest BCUT2D eigenvalue weighted by Crippen LogP contribution is 2.57. The second-order valence-electron chi connectivity index (χ2n) is 7.59. The highest BCUT2D eigenvalue weighted by molar-refractivity contribution is 5.73. The van der Waals surface area contributed by atoms with Crippen molar-refractivity contribution in [2.24, 2.45) is 17.8 Å². The fourth-order valence-corrected chi connectivity index (χ4v) is 5.19. The van der Waals surface area contributed by atoms with E-state index in [0.717, 1.165) is 24.3 Å². The summed E-state index contributed by atoms with van der Waals surface area (Å²) in [7, 11) is 4.07. The molecule has 0 atom stereocenters. The summed E-state index contributed by atoms with van der Waals surface area (Å²) in [5.41, 5.74) is 0.0207. The van der Waals surface area contributed by atoms with E-state index in [1.165, 1.54) is 38.5 Å². The predicted molar refractivity (Wildman–Crippen MR) is 77.9 cm³/mol. The molecule has 0 aromatic heterocycles. The lowest BCUT2D eigenvalue weighted by atomic mass is 9.53. The van der Waals surface area contributed by atoms with Gasteiger partial charge >= 0.3 is 0 Å². The van der Waals surface area contributed by atoms with Crippen molar-refractivity contribution in [3.05, 3.63) is 0 Å². The van der Waals surface area contributed by atoms with Gasteiger partial charge in [-0.15, -0.1) is 0 Å². The predicted octanol–water partition coefficient (Wildman–Crippen LogP) is 2.30. The van der Waals surface area contributed by atoms with Gasteiger partial charge in [0.25, 0.3) is 0 Å². The molecule has 0 heterocycles. The molecule has 4 rings (SSSR count). The third-order valence-corrected chi connectivity index (χ3v) is 5.48. The second kappa shape index (κ2) is 5.30. The van der Waals surface area contributed by atoms with Crippen LogP contribution in [0.4, 0.5) is 0 Å². The van der Waals surface area contributed by atoms with Crippen LogP contribution in [0, 0.1) is 17.8 Å². The van der Waals surface area contributed by atoms with E-state index in [0.29, 0.717) is 6.61 Å². The zero-order chi connectivity index (χ0) is 14.3. The molecule has 4 saturated carbocycles. The van der Waals surface area contributed by atoms with E-state index in [1.54, 1.807) is 12.0 Å². The van der Waals surface area contributed by atoms with E-state index < -0.39 is 0 Å². The van der Waals surface area contributed by atoms with Crippen LogP contribution in [-0.4, -0.2) is 48.7 Å². The van der Waals surface area contributed by atoms with E-state index in [2.05, 4.69) is 4.90 Å². The maximum atomic E-state index is 12.1. The van der Waals surface area contributed by atoms with Gasteiger partial charge in [-0.2, -0.15) is 0 Å². The first-order valence-corrected chi connectivity index (χ1v) is 8.07. The zero-order valence-corrected chi connectivity index (χ0v) is 13.1. The Bertz CT molecular complexity index is 345. The molecule has 0 saturated heterocycles. The summed E-state index contributed by atoms with van der Waals surface area (Å²) in [6.07, 6.45) is 7.68. The third kappa shape index (κ3) is 2.60. The summed E-state index contributed by atoms with van der Waals surface area (Å²) < 4.78 is 0. The average molecular weight is 280 g/mol. The standard InChI is InChI=1S/C16H28N2O2/c1-12(19)18(20-5-4-17(2)3)16-9-13-6-14(10-16)8-15(7-13)11-16/h13-15H,4-11H2,1-3H3. The minimum Gasteiger partial charge on any atom is -0.307 e. The van der Waals surface area contributed by atoms with Gasteiger partial charge in [-0.05, 0) is 70.4 Å². The van der Waals surface area contributed by atoms with Gasteiger partial charge in [0.1, 0.15) is 0 Å². The minimum atomic E-state index is 0.0207. The third-order valence-electron chi connectivity index (χ3n) is 5.48. The van der Waals surface area contributed by atoms with Gasteiger partial charge in [-0.1, -0.05) is 0 Å². The molecule has 0 aromatic rings. The first kappa shape index (κ1) is 14.3. The van der Waals surface area contributed by atoms with E-state index in [-0.39, 0.29) is 11.4 Å². The summed E-state index contributed by atoms with van der Waals surface area (Å²) in [6, 6.07) is 0. The number of carbonyl (C=O) groups excluding carboxylic acids is 1. The highest BCUT2D eigenvalue weighted by atomic mass is 16.7. The van der Waals surface area contributed by atoms with Gasteiger partial charge in [0.15, 0.2) is 0 Å². The Morgan fingerprint density at radius 1 is 1.10 bits per heavy atom. The lowest BCUT2D eigenvalue weighted by Crippen LogP contribution is -2.61. The van der Waals surface area contributed by atoms with Crippen LogP contribution in [-0.2, 0) is 9.63 Å². The van der Waals surface area contributed by atoms with Crippen molar-refractivity contribution in [3.63, 3.8) is 0 Å². The van der Waals surface area contributed by atoms with Crippen LogP contribution in [0.25, 0.3) is 0 Å². The van der Waals surface area contributed by atoms with Crippen molar-refractivity contribution < 1.29 is 9.63 Å². The van der Waals surface area contributed by atoms with Crippen LogP contribution in [0.3, 0.4) is 0 Å². The largest absolute Gasteiger partial charge is 0.307 e. The van der Waals surface area contributed by atoms with E-state index in [4.69, 9.17) is 4.84 Å². The van der Waals surface area contributed by atoms with Gasteiger partial charge in [-0.3, -0.25) is 9.63 Å². The molecule has 4 fully saturated rings. The summed E-state index contributed by atoms with van der Waals surface area (Å²) in [5.74, 6) is 2.59. The molecule has 0 N–H and O–H groups in total. The zero-order valence-electron chi connectivity index (χ0n) is 13.1. The van der Waals surface area contributed by atoms with Gasteiger partial charge in [0.2, 0.25) is 5.91 Å². The Hall–Kier alpha value is -0.610. The minimum absolute atomic E-state index is 0.0207. The molecule has 0 aliphatic heterocycles. The maximum Gasteiger partial charge on any atom is 0.243 e. The van der Waals surface area contributed by atoms with E-state index in [1.807, 2.05) is 14.1 Å². The molecule has 114 valence electrons. The van der Waals surface area contributed by atoms with Gasteiger partial charge in [0, 0.05) is 13.5 Å². The number of hydrogen-bond donors (Lipinski definition) is 0. The smallest absolute Gasteiger partial charge is 0.243 e. The molecular weight excluding hydrogens is 252 g/mol. The van der Waals surface area contributed by atoms with Crippen LogP contribution in [0.2, 0.25) is 0 Å². The van der Waals surface area contributed by atoms with Crippen molar-refractivity contribution in [3.8, 4) is 0 Å². The number of carbonyl (C=O) groups is 1. The van der Waals surface area contributed by atoms with Crippen molar-refractivity contribution in [2.45, 2.75) is 51.0 Å². The number of hydroxylamine groups is 2. The molecule has 0 radical (unpaired) electrons. The normalized spacial score (nSPS) is 38.5. The fraction of sp³-hybridized carbons (Fsp3) is 0.938. The molecule has 0 unspecified atom stereocenters. The summed E-state index contributed by atoms with van der Waals surface area (Å²) in [4.78, 5) is 20.2. The average Bonchev–Trinajstić information content (AvgIpc) is 2.31. The molecule has 1 amide bonds. The first-order valence-electron chi connectivity index (χ1n) is 8.07. The quantitative estimate of drug-likeness (QED) is 0.724. The van der Waals surface area contributed by atoms with Crippen molar-refractivity contribution in [1.82, 2.24) is 9.96 Å². The Morgan fingerprint density at radius 3 is 2.00 bits per heavy atom. The lowest BCUT2D eigenvalue weighted by Gasteiger charge is -2.59. The van der Waals surface area contributed by atoms with Crippen molar-refractivity contribution in [1.29, 1.82) is 0 Å². The van der Waals surface area contributed by atoms with Crippen LogP contribution < -0.4 is 0 Å². The summed E-state index contributed by atoms with van der Waals surface area (Å²) in [5, 5.41) is 1.78. The monoisotopic (exact) mass is 280 g/mol. The Labute approximate surface area is 122 Å². The molecule has 4 bridgehead atoms. The maximum absolute atomic E-state index is 12.1. The SMILES string of the molecule is CC(=O)N(OCCN(C)C)C12CC3CC(CC(C3)C1)C2. The van der Waals surface area contributed by atoms with Crippen LogP contribution in [0.1, 0.15) is 45.4 Å². The van der Waals surface area contributed by atoms with Crippen molar-refractivity contribution in [2.75, 3.05) is 27.2 Å². The topological polar surface area (TPSA) is 32.8 Å². The van der Waals surface area contributed by atoms with Gasteiger partial charge in [0.05, 0.1) is 12.1 Å². The Morgan fingerprint density at radius 2 is 1.60 bits per heavy atom. The molecule has 4 aliphatic carbocycles. The van der Waals surface area contributed by atoms with Crippen LogP contribution in [0.15, 0.2) is 0 Å². The van der Waals surface area contributed by atoms with E-state index in [9.17, 15) is 4.79 Å². The van der Waals surface area contributed by atoms with Gasteiger partial charge < -0.3 is 4.90 Å². The van der Waals surface area contributed by atoms with Gasteiger partial charge in [-0.25, -0.2) is 5.06 Å². The number of likely N-dealkylation sites (N-methyl/N-ethyl adjacent to an activating group) is 1. The first-order chi connectivity index (χ1) is 9.48. The molecule has 4 nitrogen and oxygen atoms in total. The van der Waals surface area contributed by atoms with Crippen LogP contribution >= 0.6 is 0 Å².